The number of rotatable bonds is 8. The Labute approximate surface area is 193 Å². The first-order valence-electron chi connectivity index (χ1n) is 10.5. The fraction of sp³-hybridized carbons (Fsp3) is 0.391. The molecule has 174 valence electrons. The lowest BCUT2D eigenvalue weighted by Gasteiger charge is -2.51. The van der Waals surface area contributed by atoms with Crippen molar-refractivity contribution in [2.45, 2.75) is 51.2 Å². The average molecular weight is 472 g/mol. The summed E-state index contributed by atoms with van der Waals surface area (Å²) in [6.45, 7) is 5.96. The van der Waals surface area contributed by atoms with Gasteiger partial charge in [0, 0.05) is 11.6 Å². The van der Waals surface area contributed by atoms with Crippen LogP contribution in [0.4, 0.5) is 4.39 Å². The van der Waals surface area contributed by atoms with Crippen molar-refractivity contribution in [2.24, 2.45) is 0 Å². The van der Waals surface area contributed by atoms with Crippen molar-refractivity contribution >= 4 is 20.5 Å². The molecule has 1 N–H and O–H groups in total. The zero-order valence-corrected chi connectivity index (χ0v) is 19.9. The quantitative estimate of drug-likeness (QED) is 0.503. The van der Waals surface area contributed by atoms with Gasteiger partial charge in [0.2, 0.25) is 5.89 Å². The van der Waals surface area contributed by atoms with Crippen molar-refractivity contribution in [2.75, 3.05) is 6.61 Å². The Bertz CT molecular complexity index is 1160. The highest BCUT2D eigenvalue weighted by molar-refractivity contribution is 7.27. The molecule has 0 spiro atoms. The maximum Gasteiger partial charge on any atom is 0.258 e. The Balaban J connectivity index is 1.27. The molecule has 1 saturated carbocycles. The van der Waals surface area contributed by atoms with Crippen LogP contribution in [0, 0.1) is 12.7 Å². The van der Waals surface area contributed by atoms with E-state index in [-0.39, 0.29) is 36.2 Å². The van der Waals surface area contributed by atoms with Crippen LogP contribution >= 0.6 is 9.24 Å². The first-order chi connectivity index (χ1) is 15.6. The summed E-state index contributed by atoms with van der Waals surface area (Å²) in [5.74, 6) is 1.02. The summed E-state index contributed by atoms with van der Waals surface area (Å²) in [6, 6.07) is 6.92. The molecular weight excluding hydrogens is 446 g/mol. The second kappa shape index (κ2) is 9.06. The molecule has 0 bridgehead atoms. The van der Waals surface area contributed by atoms with Gasteiger partial charge in [-0.3, -0.25) is 9.78 Å². The first-order valence-corrected chi connectivity index (χ1v) is 11.1. The number of pyridine rings is 1. The Morgan fingerprint density at radius 1 is 1.18 bits per heavy atom. The number of amides is 1. The summed E-state index contributed by atoms with van der Waals surface area (Å²) in [4.78, 5) is 16.2. The maximum absolute atomic E-state index is 13.2. The minimum absolute atomic E-state index is 0.0105. The minimum Gasteiger partial charge on any atom is -0.484 e. The summed E-state index contributed by atoms with van der Waals surface area (Å²) >= 11 is 0. The van der Waals surface area contributed by atoms with Gasteiger partial charge >= 0.3 is 0 Å². The van der Waals surface area contributed by atoms with E-state index in [4.69, 9.17) is 13.9 Å². The maximum atomic E-state index is 13.2. The number of hydrogen-bond acceptors (Lipinski definition) is 7. The van der Waals surface area contributed by atoms with Gasteiger partial charge in [-0.1, -0.05) is 13.0 Å². The van der Waals surface area contributed by atoms with Gasteiger partial charge in [-0.25, -0.2) is 4.39 Å². The van der Waals surface area contributed by atoms with Crippen LogP contribution in [0.25, 0.3) is 0 Å². The number of carbonyl (C=O) groups excluding carboxylic acids is 1. The highest BCUT2D eigenvalue weighted by atomic mass is 31.0. The van der Waals surface area contributed by atoms with Gasteiger partial charge in [-0.2, -0.15) is 0 Å². The predicted octanol–water partition coefficient (Wildman–Crippen LogP) is 3.00. The zero-order chi connectivity index (χ0) is 23.6. The summed E-state index contributed by atoms with van der Waals surface area (Å²) in [6.07, 6.45) is 3.79. The molecular formula is C23H26FN4O4P. The fourth-order valence-corrected chi connectivity index (χ4v) is 4.57. The predicted molar refractivity (Wildman–Crippen MR) is 122 cm³/mol. The standard InChI is InChI=1S/C23H26FN4O4P/c1-14-4-5-16(7-18(14)33)30-10-19(29)26-23(3)12-22(2,13-23)21-28-27-20(32-21)11-31-17-6-15(24)8-25-9-17/h4-9H,10-13,33H2,1-3H3,(H,26,29). The SMILES string of the molecule is Cc1ccc(OCC(=O)NC2(C)CC(C)(c3nnc(COc4cncc(F)c4)o3)C2)cc1P. The molecule has 1 amide bonds. The number of halogens is 1. The number of nitrogens with zero attached hydrogens (tertiary/aromatic N) is 3. The Morgan fingerprint density at radius 2 is 1.97 bits per heavy atom. The average Bonchev–Trinajstić information content (AvgIpc) is 3.22. The molecule has 1 fully saturated rings. The van der Waals surface area contributed by atoms with Crippen LogP contribution in [0.5, 0.6) is 11.5 Å². The molecule has 2 aromatic heterocycles. The molecule has 4 rings (SSSR count). The van der Waals surface area contributed by atoms with Crippen LogP contribution in [0.15, 0.2) is 41.1 Å². The van der Waals surface area contributed by atoms with Gasteiger partial charge < -0.3 is 19.2 Å². The number of carbonyl (C=O) groups is 1. The van der Waals surface area contributed by atoms with Crippen molar-refractivity contribution in [3.05, 3.63) is 59.8 Å². The summed E-state index contributed by atoms with van der Waals surface area (Å²) in [7, 11) is 2.65. The summed E-state index contributed by atoms with van der Waals surface area (Å²) in [5, 5.41) is 12.3. The second-order valence-corrected chi connectivity index (χ2v) is 9.58. The molecule has 8 nitrogen and oxygen atoms in total. The molecule has 0 aliphatic heterocycles. The van der Waals surface area contributed by atoms with E-state index in [0.29, 0.717) is 24.5 Å². The third kappa shape index (κ3) is 5.47. The normalized spacial score (nSPS) is 21.8. The van der Waals surface area contributed by atoms with E-state index >= 15 is 0 Å². The van der Waals surface area contributed by atoms with E-state index < -0.39 is 11.4 Å². The minimum atomic E-state index is -0.486. The topological polar surface area (TPSA) is 99.4 Å². The van der Waals surface area contributed by atoms with Crippen LogP contribution in [-0.2, 0) is 16.8 Å². The number of hydrogen-bond donors (Lipinski definition) is 1. The second-order valence-electron chi connectivity index (χ2n) is 8.96. The fourth-order valence-electron chi connectivity index (χ4n) is 4.31. The van der Waals surface area contributed by atoms with Gasteiger partial charge in [0.15, 0.2) is 13.2 Å². The number of benzene rings is 1. The van der Waals surface area contributed by atoms with E-state index in [1.165, 1.54) is 12.3 Å². The van der Waals surface area contributed by atoms with Gasteiger partial charge in [0.1, 0.15) is 17.3 Å². The monoisotopic (exact) mass is 472 g/mol. The Morgan fingerprint density at radius 3 is 2.70 bits per heavy atom. The Hall–Kier alpha value is -3.06. The lowest BCUT2D eigenvalue weighted by atomic mass is 9.59. The van der Waals surface area contributed by atoms with E-state index in [9.17, 15) is 9.18 Å². The van der Waals surface area contributed by atoms with E-state index in [1.54, 1.807) is 0 Å². The van der Waals surface area contributed by atoms with Gasteiger partial charge in [-0.15, -0.1) is 19.4 Å². The number of aryl methyl sites for hydroxylation is 1. The van der Waals surface area contributed by atoms with Gasteiger partial charge in [-0.05, 0) is 49.7 Å². The Kier molecular flexibility index (Phi) is 6.34. The molecule has 0 radical (unpaired) electrons. The number of aromatic nitrogens is 3. The van der Waals surface area contributed by atoms with Crippen LogP contribution in [-0.4, -0.2) is 33.2 Å². The van der Waals surface area contributed by atoms with Crippen molar-refractivity contribution in [3.63, 3.8) is 0 Å². The van der Waals surface area contributed by atoms with Crippen molar-refractivity contribution in [3.8, 4) is 11.5 Å². The lowest BCUT2D eigenvalue weighted by molar-refractivity contribution is -0.127. The summed E-state index contributed by atoms with van der Waals surface area (Å²) < 4.78 is 30.0. The number of nitrogens with one attached hydrogen (secondary N) is 1. The molecule has 33 heavy (non-hydrogen) atoms. The molecule has 2 heterocycles. The molecule has 1 aliphatic carbocycles. The van der Waals surface area contributed by atoms with Crippen LogP contribution in [0.3, 0.4) is 0 Å². The van der Waals surface area contributed by atoms with E-state index in [0.717, 1.165) is 17.1 Å². The summed E-state index contributed by atoms with van der Waals surface area (Å²) in [5.41, 5.74) is 0.381. The van der Waals surface area contributed by atoms with Crippen LogP contribution in [0.2, 0.25) is 0 Å². The van der Waals surface area contributed by atoms with E-state index in [2.05, 4.69) is 29.7 Å². The largest absolute Gasteiger partial charge is 0.484 e. The molecule has 1 atom stereocenters. The van der Waals surface area contributed by atoms with E-state index in [1.807, 2.05) is 39.0 Å². The van der Waals surface area contributed by atoms with Crippen LogP contribution < -0.4 is 20.1 Å². The smallest absolute Gasteiger partial charge is 0.258 e. The highest BCUT2D eigenvalue weighted by Gasteiger charge is 2.53. The molecule has 0 saturated heterocycles. The molecule has 10 heteroatoms. The molecule has 3 aromatic rings. The first kappa shape index (κ1) is 23.1. The molecule has 1 aromatic carbocycles. The molecule has 1 unspecified atom stereocenters. The molecule has 1 aliphatic rings. The van der Waals surface area contributed by atoms with Gasteiger partial charge in [0.05, 0.1) is 17.8 Å². The van der Waals surface area contributed by atoms with Crippen molar-refractivity contribution in [1.82, 2.24) is 20.5 Å². The van der Waals surface area contributed by atoms with Crippen molar-refractivity contribution < 1.29 is 23.1 Å². The number of ether oxygens (including phenoxy) is 2. The third-order valence-corrected chi connectivity index (χ3v) is 6.27. The van der Waals surface area contributed by atoms with Crippen molar-refractivity contribution in [1.29, 1.82) is 0 Å². The van der Waals surface area contributed by atoms with Gasteiger partial charge in [0.25, 0.3) is 11.8 Å². The third-order valence-electron chi connectivity index (χ3n) is 5.65. The zero-order valence-electron chi connectivity index (χ0n) is 18.7. The highest BCUT2D eigenvalue weighted by Crippen LogP contribution is 2.49. The lowest BCUT2D eigenvalue weighted by Crippen LogP contribution is -2.61. The van der Waals surface area contributed by atoms with Crippen LogP contribution in [0.1, 0.15) is 44.0 Å².